The third-order valence-corrected chi connectivity index (χ3v) is 10.8. The molecule has 0 fully saturated rings. The van der Waals surface area contributed by atoms with Crippen molar-refractivity contribution in [3.05, 3.63) is 85.0 Å². The van der Waals surface area contributed by atoms with Crippen LogP contribution < -0.4 is 10.4 Å². The third-order valence-electron chi connectivity index (χ3n) is 5.69. The van der Waals surface area contributed by atoms with Crippen molar-refractivity contribution in [1.29, 1.82) is 0 Å². The minimum Gasteiger partial charge on any atom is -0.399 e. The normalized spacial score (nSPS) is 13.8. The van der Waals surface area contributed by atoms with E-state index in [0.717, 1.165) is 12.8 Å². The third kappa shape index (κ3) is 7.03. The van der Waals surface area contributed by atoms with E-state index in [2.05, 4.69) is 94.5 Å². The van der Waals surface area contributed by atoms with Gasteiger partial charge in [-0.05, 0) is 34.7 Å². The van der Waals surface area contributed by atoms with E-state index >= 15 is 0 Å². The second kappa shape index (κ2) is 12.8. The zero-order valence-electron chi connectivity index (χ0n) is 19.8. The first kappa shape index (κ1) is 25.3. The summed E-state index contributed by atoms with van der Waals surface area (Å²) in [6.07, 6.45) is 14.1. The molecule has 168 valence electrons. The maximum absolute atomic E-state index is 10.2. The number of aliphatic hydroxyl groups is 1. The summed E-state index contributed by atoms with van der Waals surface area (Å²) in [4.78, 5) is 0. The highest BCUT2D eigenvalue weighted by Gasteiger charge is 2.51. The Hall–Kier alpha value is -1.94. The fourth-order valence-corrected chi connectivity index (χ4v) is 8.71. The van der Waals surface area contributed by atoms with Gasteiger partial charge in [-0.1, -0.05) is 126 Å². The molecule has 2 aromatic carbocycles. The van der Waals surface area contributed by atoms with Crippen LogP contribution in [0.5, 0.6) is 0 Å². The van der Waals surface area contributed by atoms with Crippen molar-refractivity contribution in [2.75, 3.05) is 6.61 Å². The Balaban J connectivity index is 2.29. The molecule has 0 amide bonds. The number of hydrogen-bond donors (Lipinski definition) is 1. The van der Waals surface area contributed by atoms with E-state index in [0.29, 0.717) is 0 Å². The predicted octanol–water partition coefficient (Wildman–Crippen LogP) is 6.01. The van der Waals surface area contributed by atoms with Crippen LogP contribution in [0.2, 0.25) is 5.04 Å². The van der Waals surface area contributed by atoms with Gasteiger partial charge in [-0.2, -0.15) is 0 Å². The highest BCUT2D eigenvalue weighted by molar-refractivity contribution is 6.99. The molecule has 0 unspecified atom stereocenters. The van der Waals surface area contributed by atoms with Crippen molar-refractivity contribution in [2.45, 2.75) is 70.9 Å². The average Bonchev–Trinajstić information content (AvgIpc) is 2.78. The van der Waals surface area contributed by atoms with Crippen LogP contribution in [0.1, 0.15) is 59.8 Å². The Morgan fingerprint density at radius 1 is 0.871 bits per heavy atom. The van der Waals surface area contributed by atoms with Crippen LogP contribution in [0.3, 0.4) is 0 Å². The van der Waals surface area contributed by atoms with Gasteiger partial charge in [-0.15, -0.1) is 0 Å². The average molecular weight is 437 g/mol. The molecular formula is C28H40O2Si. The van der Waals surface area contributed by atoms with Gasteiger partial charge in [0.15, 0.2) is 0 Å². The van der Waals surface area contributed by atoms with Gasteiger partial charge in [0.2, 0.25) is 0 Å². The maximum Gasteiger partial charge on any atom is 0.261 e. The van der Waals surface area contributed by atoms with E-state index in [1.807, 2.05) is 18.2 Å². The van der Waals surface area contributed by atoms with Crippen LogP contribution in [0, 0.1) is 0 Å². The van der Waals surface area contributed by atoms with Crippen LogP contribution in [0.15, 0.2) is 85.0 Å². The smallest absolute Gasteiger partial charge is 0.261 e. The minimum atomic E-state index is -2.65. The first-order chi connectivity index (χ1) is 15.0. The maximum atomic E-state index is 10.2. The van der Waals surface area contributed by atoms with Crippen LogP contribution in [0.25, 0.3) is 0 Å². The summed E-state index contributed by atoms with van der Waals surface area (Å²) in [5.41, 5.74) is 0. The lowest BCUT2D eigenvalue weighted by molar-refractivity contribution is 0.141. The van der Waals surface area contributed by atoms with Gasteiger partial charge in [-0.3, -0.25) is 0 Å². The molecule has 0 bridgehead atoms. The zero-order chi connectivity index (χ0) is 22.6. The number of benzene rings is 2. The van der Waals surface area contributed by atoms with Crippen molar-refractivity contribution >= 4 is 18.7 Å². The van der Waals surface area contributed by atoms with Gasteiger partial charge >= 0.3 is 0 Å². The molecule has 0 heterocycles. The van der Waals surface area contributed by atoms with Crippen LogP contribution in [-0.4, -0.2) is 26.1 Å². The Kier molecular flexibility index (Phi) is 10.5. The quantitative estimate of drug-likeness (QED) is 0.251. The molecule has 0 saturated heterocycles. The van der Waals surface area contributed by atoms with Crippen LogP contribution in [0.4, 0.5) is 0 Å². The summed E-state index contributed by atoms with van der Waals surface area (Å²) < 4.78 is 6.96. The van der Waals surface area contributed by atoms with E-state index in [1.165, 1.54) is 29.6 Å². The molecule has 2 rings (SSSR count). The lowest BCUT2D eigenvalue weighted by Gasteiger charge is -2.44. The number of aliphatic hydroxyl groups excluding tert-OH is 1. The minimum absolute atomic E-state index is 0.0266. The second-order valence-electron chi connectivity index (χ2n) is 9.13. The Morgan fingerprint density at radius 3 is 1.94 bits per heavy atom. The Labute approximate surface area is 190 Å². The SMILES string of the molecule is CCCCC/C=C\C/C=C\[C@@H](CO)O[Si](c1ccccc1)(c1ccccc1)C(C)(C)C. The van der Waals surface area contributed by atoms with Gasteiger partial charge in [0.25, 0.3) is 8.32 Å². The molecule has 3 heteroatoms. The number of unbranched alkanes of at least 4 members (excludes halogenated alkanes) is 3. The molecule has 0 aliphatic heterocycles. The van der Waals surface area contributed by atoms with Gasteiger partial charge < -0.3 is 9.53 Å². The summed E-state index contributed by atoms with van der Waals surface area (Å²) in [7, 11) is -2.65. The standard InChI is InChI=1S/C28H40O2Si/c1-5-6-7-8-9-10-11-14-19-25(24-29)30-31(28(2,3)4,26-20-15-12-16-21-26)27-22-17-13-18-23-27/h9-10,12-23,25,29H,5-8,11,24H2,1-4H3/b10-9-,19-14-/t25-/m0/s1. The van der Waals surface area contributed by atoms with Crippen molar-refractivity contribution in [3.8, 4) is 0 Å². The van der Waals surface area contributed by atoms with Crippen molar-refractivity contribution in [2.24, 2.45) is 0 Å². The molecule has 0 radical (unpaired) electrons. The van der Waals surface area contributed by atoms with Crippen molar-refractivity contribution < 1.29 is 9.53 Å². The van der Waals surface area contributed by atoms with E-state index in [4.69, 9.17) is 4.43 Å². The molecule has 2 nitrogen and oxygen atoms in total. The Bertz CT molecular complexity index is 751. The first-order valence-corrected chi connectivity index (χ1v) is 13.6. The van der Waals surface area contributed by atoms with Gasteiger partial charge in [-0.25, -0.2) is 0 Å². The van der Waals surface area contributed by atoms with Gasteiger partial charge in [0.1, 0.15) is 0 Å². The molecule has 0 saturated carbocycles. The van der Waals surface area contributed by atoms with E-state index in [9.17, 15) is 5.11 Å². The molecule has 0 aliphatic carbocycles. The van der Waals surface area contributed by atoms with E-state index < -0.39 is 8.32 Å². The fraction of sp³-hybridized carbons (Fsp3) is 0.429. The predicted molar refractivity (Wildman–Crippen MR) is 137 cm³/mol. The number of hydrogen-bond acceptors (Lipinski definition) is 2. The van der Waals surface area contributed by atoms with Crippen LogP contribution in [-0.2, 0) is 4.43 Å². The molecule has 2 aromatic rings. The summed E-state index contributed by atoms with van der Waals surface area (Å²) in [6, 6.07) is 21.2. The lowest BCUT2D eigenvalue weighted by atomic mass is 10.2. The van der Waals surface area contributed by atoms with E-state index in [-0.39, 0.29) is 17.7 Å². The van der Waals surface area contributed by atoms with E-state index in [1.54, 1.807) is 0 Å². The van der Waals surface area contributed by atoms with Crippen molar-refractivity contribution in [3.63, 3.8) is 0 Å². The van der Waals surface area contributed by atoms with Crippen molar-refractivity contribution in [1.82, 2.24) is 0 Å². The second-order valence-corrected chi connectivity index (χ2v) is 13.4. The molecule has 31 heavy (non-hydrogen) atoms. The molecule has 1 atom stereocenters. The molecule has 1 N–H and O–H groups in total. The van der Waals surface area contributed by atoms with Crippen LogP contribution >= 0.6 is 0 Å². The van der Waals surface area contributed by atoms with Gasteiger partial charge in [0.05, 0.1) is 12.7 Å². The summed E-state index contributed by atoms with van der Waals surface area (Å²) in [5, 5.41) is 12.5. The Morgan fingerprint density at radius 2 is 1.45 bits per heavy atom. The largest absolute Gasteiger partial charge is 0.399 e. The fourth-order valence-electron chi connectivity index (χ4n) is 4.09. The summed E-state index contributed by atoms with van der Waals surface area (Å²) in [5.74, 6) is 0. The molecule has 0 aromatic heterocycles. The first-order valence-electron chi connectivity index (χ1n) is 11.7. The summed E-state index contributed by atoms with van der Waals surface area (Å²) in [6.45, 7) is 8.98. The lowest BCUT2D eigenvalue weighted by Crippen LogP contribution is -2.67. The number of allylic oxidation sites excluding steroid dienone is 3. The molecule has 0 aliphatic rings. The topological polar surface area (TPSA) is 29.5 Å². The van der Waals surface area contributed by atoms with Gasteiger partial charge in [0, 0.05) is 0 Å². The molecule has 0 spiro atoms. The highest BCUT2D eigenvalue weighted by Crippen LogP contribution is 2.37. The molecular weight excluding hydrogens is 396 g/mol. The monoisotopic (exact) mass is 436 g/mol. The zero-order valence-corrected chi connectivity index (χ0v) is 20.8. The highest BCUT2D eigenvalue weighted by atomic mass is 28.4. The number of rotatable bonds is 12. The summed E-state index contributed by atoms with van der Waals surface area (Å²) >= 11 is 0.